The summed E-state index contributed by atoms with van der Waals surface area (Å²) in [5.41, 5.74) is 2.64. The second kappa shape index (κ2) is 15.7. The van der Waals surface area contributed by atoms with Crippen molar-refractivity contribution in [2.24, 2.45) is 0 Å². The minimum Gasteiger partial charge on any atom is -0.374 e. The Labute approximate surface area is 233 Å². The molecule has 39 heavy (non-hydrogen) atoms. The highest BCUT2D eigenvalue weighted by Crippen LogP contribution is 2.32. The van der Waals surface area contributed by atoms with Gasteiger partial charge in [0.2, 0.25) is 0 Å². The Hall–Kier alpha value is -2.85. The van der Waals surface area contributed by atoms with Gasteiger partial charge in [0.05, 0.1) is 12.7 Å². The van der Waals surface area contributed by atoms with E-state index in [2.05, 4.69) is 13.5 Å². The molecule has 2 aromatic rings. The largest absolute Gasteiger partial charge is 0.374 e. The molecule has 0 spiro atoms. The second-order valence-corrected chi connectivity index (χ2v) is 10.5. The van der Waals surface area contributed by atoms with Crippen LogP contribution in [0, 0.1) is 17.5 Å². The summed E-state index contributed by atoms with van der Waals surface area (Å²) in [4.78, 5) is 0. The van der Waals surface area contributed by atoms with Crippen molar-refractivity contribution in [3.05, 3.63) is 113 Å². The van der Waals surface area contributed by atoms with Gasteiger partial charge in [-0.25, -0.2) is 13.2 Å². The van der Waals surface area contributed by atoms with Gasteiger partial charge in [-0.2, -0.15) is 0 Å². The number of benzene rings is 2. The van der Waals surface area contributed by atoms with E-state index in [4.69, 9.17) is 4.74 Å². The normalized spacial score (nSPS) is 19.2. The molecule has 210 valence electrons. The molecule has 3 atom stereocenters. The Morgan fingerprint density at radius 1 is 1.05 bits per heavy atom. The summed E-state index contributed by atoms with van der Waals surface area (Å²) < 4.78 is 51.0. The summed E-state index contributed by atoms with van der Waals surface area (Å²) in [6.45, 7) is 10.3. The zero-order valence-corrected chi connectivity index (χ0v) is 23.7. The standard InChI is InChI=1S/C35H43F3O/c1-5-8-9-10-11-14-27-18-22-32(35(38)34(27)37)26(12-6-2)16-15-25(4)28-19-21-31(33(36)23-28)29-17-20-30(13-7-3)39-24-29/h6-7,12-13,15-16,18-19,21-23,25,29-30H,2,5,8-11,14,17,20,24H2,1,3-4H3/b13-7+,16-15-,26-12+. The van der Waals surface area contributed by atoms with Crippen LogP contribution in [0.1, 0.15) is 99.8 Å². The number of aryl methyl sites for hydroxylation is 1. The predicted molar refractivity (Wildman–Crippen MR) is 157 cm³/mol. The zero-order chi connectivity index (χ0) is 28.2. The van der Waals surface area contributed by atoms with Crippen LogP contribution in [0.25, 0.3) is 5.57 Å². The van der Waals surface area contributed by atoms with Crippen LogP contribution in [0.2, 0.25) is 0 Å². The Morgan fingerprint density at radius 3 is 2.51 bits per heavy atom. The average molecular weight is 537 g/mol. The van der Waals surface area contributed by atoms with E-state index in [1.807, 2.05) is 44.2 Å². The number of hydrogen-bond donors (Lipinski definition) is 0. The first-order valence-electron chi connectivity index (χ1n) is 14.4. The Morgan fingerprint density at radius 2 is 1.85 bits per heavy atom. The third-order valence-corrected chi connectivity index (χ3v) is 7.59. The van der Waals surface area contributed by atoms with Crippen molar-refractivity contribution in [1.29, 1.82) is 0 Å². The van der Waals surface area contributed by atoms with E-state index in [9.17, 15) is 4.39 Å². The van der Waals surface area contributed by atoms with Gasteiger partial charge in [-0.3, -0.25) is 0 Å². The Balaban J connectivity index is 1.70. The van der Waals surface area contributed by atoms with E-state index in [1.54, 1.807) is 36.4 Å². The van der Waals surface area contributed by atoms with E-state index in [-0.39, 0.29) is 29.3 Å². The average Bonchev–Trinajstić information content (AvgIpc) is 2.94. The number of allylic oxidation sites excluding steroid dienone is 6. The molecular formula is C35H43F3O. The van der Waals surface area contributed by atoms with Crippen molar-refractivity contribution in [2.75, 3.05) is 6.61 Å². The summed E-state index contributed by atoms with van der Waals surface area (Å²) >= 11 is 0. The van der Waals surface area contributed by atoms with Gasteiger partial charge >= 0.3 is 0 Å². The van der Waals surface area contributed by atoms with Crippen molar-refractivity contribution < 1.29 is 17.9 Å². The molecule has 0 amide bonds. The highest BCUT2D eigenvalue weighted by molar-refractivity contribution is 5.76. The summed E-state index contributed by atoms with van der Waals surface area (Å²) in [7, 11) is 0. The molecule has 3 rings (SSSR count). The molecule has 1 aliphatic rings. The van der Waals surface area contributed by atoms with Crippen LogP contribution in [0.5, 0.6) is 0 Å². The highest BCUT2D eigenvalue weighted by atomic mass is 19.2. The van der Waals surface area contributed by atoms with Gasteiger partial charge < -0.3 is 4.74 Å². The van der Waals surface area contributed by atoms with Gasteiger partial charge in [0, 0.05) is 11.5 Å². The van der Waals surface area contributed by atoms with Crippen LogP contribution >= 0.6 is 0 Å². The molecule has 1 heterocycles. The minimum absolute atomic E-state index is 0.0470. The number of ether oxygens (including phenoxy) is 1. The van der Waals surface area contributed by atoms with E-state index in [0.717, 1.165) is 44.1 Å². The monoisotopic (exact) mass is 536 g/mol. The molecule has 2 aromatic carbocycles. The molecule has 1 nitrogen and oxygen atoms in total. The van der Waals surface area contributed by atoms with Gasteiger partial charge in [-0.05, 0) is 66.9 Å². The molecule has 0 N–H and O–H groups in total. The molecule has 0 bridgehead atoms. The predicted octanol–water partition coefficient (Wildman–Crippen LogP) is 10.4. The first kappa shape index (κ1) is 30.7. The summed E-state index contributed by atoms with van der Waals surface area (Å²) in [6.07, 6.45) is 18.6. The molecule has 0 radical (unpaired) electrons. The zero-order valence-electron chi connectivity index (χ0n) is 23.7. The lowest BCUT2D eigenvalue weighted by Gasteiger charge is -2.28. The molecule has 3 unspecified atom stereocenters. The van der Waals surface area contributed by atoms with Gasteiger partial charge in [0.1, 0.15) is 5.82 Å². The Kier molecular flexibility index (Phi) is 12.3. The van der Waals surface area contributed by atoms with Crippen LogP contribution in [0.3, 0.4) is 0 Å². The number of rotatable bonds is 13. The SMILES string of the molecule is C=C/C=C(\C=C/C(C)c1ccc(C2CCC(/C=C/C)OC2)c(F)c1)c1ccc(CCCCCCC)c(F)c1F. The van der Waals surface area contributed by atoms with E-state index in [1.165, 1.54) is 6.42 Å². The van der Waals surface area contributed by atoms with Gasteiger partial charge in [-0.1, -0.05) is 107 Å². The topological polar surface area (TPSA) is 9.23 Å². The minimum atomic E-state index is -0.840. The van der Waals surface area contributed by atoms with Crippen LogP contribution in [-0.2, 0) is 11.2 Å². The lowest BCUT2D eigenvalue weighted by Crippen LogP contribution is -2.23. The first-order valence-corrected chi connectivity index (χ1v) is 14.4. The van der Waals surface area contributed by atoms with E-state index >= 15 is 8.78 Å². The maximum absolute atomic E-state index is 15.1. The summed E-state index contributed by atoms with van der Waals surface area (Å²) in [5.74, 6) is -1.93. The maximum atomic E-state index is 15.1. The highest BCUT2D eigenvalue weighted by Gasteiger charge is 2.24. The van der Waals surface area contributed by atoms with Crippen LogP contribution in [0.4, 0.5) is 13.2 Å². The number of hydrogen-bond acceptors (Lipinski definition) is 1. The van der Waals surface area contributed by atoms with Crippen molar-refractivity contribution in [3.8, 4) is 0 Å². The third kappa shape index (κ3) is 8.57. The van der Waals surface area contributed by atoms with Gasteiger partial charge in [0.15, 0.2) is 11.6 Å². The fraction of sp³-hybridized carbons (Fsp3) is 0.429. The molecule has 0 aromatic heterocycles. The fourth-order valence-electron chi connectivity index (χ4n) is 5.19. The molecule has 1 saturated heterocycles. The molecular weight excluding hydrogens is 493 g/mol. The fourth-order valence-corrected chi connectivity index (χ4v) is 5.19. The third-order valence-electron chi connectivity index (χ3n) is 7.59. The second-order valence-electron chi connectivity index (χ2n) is 10.5. The Bertz CT molecular complexity index is 1170. The van der Waals surface area contributed by atoms with E-state index < -0.39 is 11.6 Å². The van der Waals surface area contributed by atoms with Crippen LogP contribution < -0.4 is 0 Å². The number of halogens is 3. The quantitative estimate of drug-likeness (QED) is 0.141. The van der Waals surface area contributed by atoms with Gasteiger partial charge in [-0.15, -0.1) is 0 Å². The lowest BCUT2D eigenvalue weighted by molar-refractivity contribution is 0.0319. The van der Waals surface area contributed by atoms with Crippen molar-refractivity contribution in [2.45, 2.75) is 90.1 Å². The molecule has 0 aliphatic carbocycles. The molecule has 4 heteroatoms. The lowest BCUT2D eigenvalue weighted by atomic mass is 9.88. The van der Waals surface area contributed by atoms with Crippen molar-refractivity contribution in [1.82, 2.24) is 0 Å². The first-order chi connectivity index (χ1) is 18.9. The summed E-state index contributed by atoms with van der Waals surface area (Å²) in [6, 6.07) is 8.71. The van der Waals surface area contributed by atoms with Gasteiger partial charge in [0.25, 0.3) is 0 Å². The maximum Gasteiger partial charge on any atom is 0.166 e. The summed E-state index contributed by atoms with van der Waals surface area (Å²) in [5, 5.41) is 0. The van der Waals surface area contributed by atoms with Crippen molar-refractivity contribution in [3.63, 3.8) is 0 Å². The smallest absolute Gasteiger partial charge is 0.166 e. The molecule has 0 saturated carbocycles. The van der Waals surface area contributed by atoms with Crippen LogP contribution in [0.15, 0.2) is 73.4 Å². The molecule has 1 fully saturated rings. The molecule has 1 aliphatic heterocycles. The number of unbranched alkanes of at least 4 members (excludes halogenated alkanes) is 4. The van der Waals surface area contributed by atoms with E-state index in [0.29, 0.717) is 29.7 Å². The van der Waals surface area contributed by atoms with Crippen LogP contribution in [-0.4, -0.2) is 12.7 Å². The van der Waals surface area contributed by atoms with Crippen molar-refractivity contribution >= 4 is 5.57 Å².